The molecule has 26 heavy (non-hydrogen) atoms. The number of nitrogens with zero attached hydrogens (tertiary/aromatic N) is 1. The van der Waals surface area contributed by atoms with Gasteiger partial charge < -0.3 is 14.0 Å². The molecular weight excluding hydrogens is 342 g/mol. The van der Waals surface area contributed by atoms with E-state index in [0.717, 1.165) is 10.9 Å². The van der Waals surface area contributed by atoms with Crippen LogP contribution < -0.4 is 10.4 Å². The minimum Gasteiger partial charge on any atom is -0.493 e. The number of fused-ring (bicyclic) bond motifs is 1. The van der Waals surface area contributed by atoms with Gasteiger partial charge in [0.25, 0.3) is 11.8 Å². The molecule has 2 aromatic rings. The summed E-state index contributed by atoms with van der Waals surface area (Å²) >= 11 is 0. The first kappa shape index (κ1) is 17.7. The van der Waals surface area contributed by atoms with Crippen LogP contribution >= 0.6 is 0 Å². The van der Waals surface area contributed by atoms with Gasteiger partial charge in [0.1, 0.15) is 11.3 Å². The third-order valence-corrected chi connectivity index (χ3v) is 3.92. The second kappa shape index (κ2) is 7.38. The maximum Gasteiger partial charge on any atom is 0.336 e. The largest absolute Gasteiger partial charge is 0.493 e. The monoisotopic (exact) mass is 359 g/mol. The van der Waals surface area contributed by atoms with Gasteiger partial charge in [-0.2, -0.15) is 0 Å². The standard InChI is InChI=1S/C18H17NO7/c1-11-9-18(23)25-14-10-12(4-5-13(11)14)24-8-2-3-17(22)26-19-15(20)6-7-16(19)21/h4-5,9-10H,2-3,6-8H2,1H3. The van der Waals surface area contributed by atoms with Crippen LogP contribution in [-0.4, -0.2) is 29.5 Å². The molecule has 0 spiro atoms. The molecule has 136 valence electrons. The summed E-state index contributed by atoms with van der Waals surface area (Å²) in [5, 5.41) is 1.34. The number of ether oxygens (including phenoxy) is 1. The lowest BCUT2D eigenvalue weighted by molar-refractivity contribution is -0.197. The number of hydrogen-bond acceptors (Lipinski definition) is 7. The second-order valence-electron chi connectivity index (χ2n) is 5.90. The number of carbonyl (C=O) groups is 3. The van der Waals surface area contributed by atoms with Crippen LogP contribution in [0.4, 0.5) is 0 Å². The lowest BCUT2D eigenvalue weighted by Crippen LogP contribution is -2.32. The Morgan fingerprint density at radius 1 is 1.15 bits per heavy atom. The summed E-state index contributed by atoms with van der Waals surface area (Å²) in [6, 6.07) is 6.57. The van der Waals surface area contributed by atoms with E-state index < -0.39 is 23.4 Å². The van der Waals surface area contributed by atoms with Crippen LogP contribution in [0.3, 0.4) is 0 Å². The third kappa shape index (κ3) is 3.90. The molecule has 8 nitrogen and oxygen atoms in total. The van der Waals surface area contributed by atoms with Crippen molar-refractivity contribution in [3.63, 3.8) is 0 Å². The molecule has 1 aromatic carbocycles. The van der Waals surface area contributed by atoms with E-state index in [-0.39, 0.29) is 25.9 Å². The van der Waals surface area contributed by atoms with Crippen LogP contribution in [-0.2, 0) is 19.2 Å². The van der Waals surface area contributed by atoms with Crippen LogP contribution in [0.25, 0.3) is 11.0 Å². The Hall–Kier alpha value is -3.16. The fourth-order valence-electron chi connectivity index (χ4n) is 2.61. The first-order valence-corrected chi connectivity index (χ1v) is 8.18. The summed E-state index contributed by atoms with van der Waals surface area (Å²) in [5.41, 5.74) is 0.815. The van der Waals surface area contributed by atoms with Crippen LogP contribution in [0.2, 0.25) is 0 Å². The molecule has 0 saturated carbocycles. The Morgan fingerprint density at radius 3 is 2.62 bits per heavy atom. The smallest absolute Gasteiger partial charge is 0.336 e. The number of hydroxylamine groups is 2. The predicted molar refractivity (Wildman–Crippen MR) is 89.1 cm³/mol. The summed E-state index contributed by atoms with van der Waals surface area (Å²) in [7, 11) is 0. The zero-order valence-electron chi connectivity index (χ0n) is 14.1. The van der Waals surface area contributed by atoms with Gasteiger partial charge in [0, 0.05) is 30.4 Å². The summed E-state index contributed by atoms with van der Waals surface area (Å²) in [5.74, 6) is -1.18. The normalized spacial score (nSPS) is 14.1. The molecule has 2 amide bonds. The zero-order valence-corrected chi connectivity index (χ0v) is 14.1. The van der Waals surface area contributed by atoms with Gasteiger partial charge in [0.15, 0.2) is 0 Å². The van der Waals surface area contributed by atoms with Crippen molar-refractivity contribution in [1.29, 1.82) is 0 Å². The van der Waals surface area contributed by atoms with Gasteiger partial charge in [-0.15, -0.1) is 5.06 Å². The fourth-order valence-corrected chi connectivity index (χ4v) is 2.61. The van der Waals surface area contributed by atoms with E-state index in [2.05, 4.69) is 0 Å². The second-order valence-corrected chi connectivity index (χ2v) is 5.90. The minimum atomic E-state index is -0.669. The quantitative estimate of drug-likeness (QED) is 0.440. The maximum atomic E-state index is 11.7. The number of amides is 2. The Balaban J connectivity index is 1.50. The summed E-state index contributed by atoms with van der Waals surface area (Å²) in [6.45, 7) is 2.04. The Labute approximate surface area is 148 Å². The van der Waals surface area contributed by atoms with Gasteiger partial charge in [-0.3, -0.25) is 9.59 Å². The summed E-state index contributed by atoms with van der Waals surface area (Å²) in [4.78, 5) is 50.6. The zero-order chi connectivity index (χ0) is 18.7. The van der Waals surface area contributed by atoms with Crippen molar-refractivity contribution in [2.24, 2.45) is 0 Å². The van der Waals surface area contributed by atoms with Crippen molar-refractivity contribution in [3.05, 3.63) is 40.2 Å². The minimum absolute atomic E-state index is 0.00116. The maximum absolute atomic E-state index is 11.7. The van der Waals surface area contributed by atoms with Crippen molar-refractivity contribution >= 4 is 28.8 Å². The molecule has 0 unspecified atom stereocenters. The Bertz CT molecular complexity index is 915. The molecule has 8 heteroatoms. The topological polar surface area (TPSA) is 103 Å². The van der Waals surface area contributed by atoms with Gasteiger partial charge in [-0.1, -0.05) is 0 Å². The lowest BCUT2D eigenvalue weighted by Gasteiger charge is -2.12. The fraction of sp³-hybridized carbons (Fsp3) is 0.333. The van der Waals surface area contributed by atoms with Crippen LogP contribution in [0.1, 0.15) is 31.2 Å². The summed E-state index contributed by atoms with van der Waals surface area (Å²) in [6.07, 6.45) is 0.462. The van der Waals surface area contributed by atoms with Gasteiger partial charge in [0.2, 0.25) is 0 Å². The molecule has 2 heterocycles. The molecule has 0 bridgehead atoms. The molecule has 0 N–H and O–H groups in total. The molecule has 1 saturated heterocycles. The van der Waals surface area contributed by atoms with Crippen LogP contribution in [0.5, 0.6) is 5.75 Å². The number of benzene rings is 1. The van der Waals surface area contributed by atoms with E-state index in [9.17, 15) is 19.2 Å². The molecule has 1 aromatic heterocycles. The van der Waals surface area contributed by atoms with Crippen molar-refractivity contribution in [2.75, 3.05) is 6.61 Å². The van der Waals surface area contributed by atoms with Crippen molar-refractivity contribution < 1.29 is 28.4 Å². The van der Waals surface area contributed by atoms with E-state index >= 15 is 0 Å². The van der Waals surface area contributed by atoms with Gasteiger partial charge in [-0.25, -0.2) is 9.59 Å². The molecule has 3 rings (SSSR count). The summed E-state index contributed by atoms with van der Waals surface area (Å²) < 4.78 is 10.7. The number of aryl methyl sites for hydroxylation is 1. The first-order chi connectivity index (χ1) is 12.4. The highest BCUT2D eigenvalue weighted by Gasteiger charge is 2.32. The number of hydrogen-bond donors (Lipinski definition) is 0. The highest BCUT2D eigenvalue weighted by atomic mass is 16.7. The molecule has 1 aliphatic rings. The van der Waals surface area contributed by atoms with Gasteiger partial charge in [-0.05, 0) is 31.0 Å². The highest BCUT2D eigenvalue weighted by Crippen LogP contribution is 2.22. The Morgan fingerprint density at radius 2 is 1.88 bits per heavy atom. The molecule has 0 aliphatic carbocycles. The van der Waals surface area contributed by atoms with E-state index in [0.29, 0.717) is 22.8 Å². The molecule has 0 radical (unpaired) electrons. The average molecular weight is 359 g/mol. The number of imide groups is 1. The predicted octanol–water partition coefficient (Wildman–Crippen LogP) is 1.87. The van der Waals surface area contributed by atoms with Gasteiger partial charge in [0.05, 0.1) is 13.0 Å². The molecule has 1 fully saturated rings. The molecule has 0 atom stereocenters. The molecular formula is C18H17NO7. The average Bonchev–Trinajstić information content (AvgIpc) is 2.90. The van der Waals surface area contributed by atoms with Crippen molar-refractivity contribution in [3.8, 4) is 5.75 Å². The Kier molecular flexibility index (Phi) is 5.01. The number of carbonyl (C=O) groups excluding carboxylic acids is 3. The SMILES string of the molecule is Cc1cc(=O)oc2cc(OCCCC(=O)ON3C(=O)CCC3=O)ccc12. The number of rotatable bonds is 6. The first-order valence-electron chi connectivity index (χ1n) is 8.18. The van der Waals surface area contributed by atoms with E-state index in [1.807, 2.05) is 6.92 Å². The van der Waals surface area contributed by atoms with E-state index in [4.69, 9.17) is 14.0 Å². The van der Waals surface area contributed by atoms with Crippen LogP contribution in [0, 0.1) is 6.92 Å². The highest BCUT2D eigenvalue weighted by molar-refractivity contribution is 6.01. The van der Waals surface area contributed by atoms with Crippen molar-refractivity contribution in [2.45, 2.75) is 32.6 Å². The molecule has 1 aliphatic heterocycles. The lowest BCUT2D eigenvalue weighted by atomic mass is 10.1. The third-order valence-electron chi connectivity index (χ3n) is 3.92. The van der Waals surface area contributed by atoms with E-state index in [1.165, 1.54) is 6.07 Å². The van der Waals surface area contributed by atoms with E-state index in [1.54, 1.807) is 18.2 Å². The van der Waals surface area contributed by atoms with Gasteiger partial charge >= 0.3 is 11.6 Å². The van der Waals surface area contributed by atoms with Crippen LogP contribution in [0.15, 0.2) is 33.5 Å². The van der Waals surface area contributed by atoms with Crippen molar-refractivity contribution in [1.82, 2.24) is 5.06 Å².